The summed E-state index contributed by atoms with van der Waals surface area (Å²) in [4.78, 5) is 48.6. The minimum absolute atomic E-state index is 0.0425. The van der Waals surface area contributed by atoms with E-state index in [9.17, 15) is 19.2 Å². The molecule has 0 radical (unpaired) electrons. The van der Waals surface area contributed by atoms with Crippen LogP contribution in [0.15, 0.2) is 64.3 Å². The summed E-state index contributed by atoms with van der Waals surface area (Å²) in [6.07, 6.45) is 0.331. The van der Waals surface area contributed by atoms with Gasteiger partial charge in [-0.2, -0.15) is 0 Å². The third kappa shape index (κ3) is 6.14. The number of ether oxygens (including phenoxy) is 4. The maximum absolute atomic E-state index is 13.0. The van der Waals surface area contributed by atoms with Crippen molar-refractivity contribution in [1.82, 2.24) is 0 Å². The highest BCUT2D eigenvalue weighted by Gasteiger charge is 2.19. The number of benzene rings is 2. The standard InChI is InChI=1S/C26H24O9/c1-5-23(27)33-15(2)34-24(28)11-8-16-6-9-17(10-7-16)25(29)20-14-19-21(32-4)12-18(31-3)13-22(19)35-26(20)30/h5-7,9-10,12-15H,1,8,11H2,2-4H3. The summed E-state index contributed by atoms with van der Waals surface area (Å²) >= 11 is 0. The van der Waals surface area contributed by atoms with Gasteiger partial charge in [-0.3, -0.25) is 9.59 Å². The van der Waals surface area contributed by atoms with E-state index in [2.05, 4.69) is 6.58 Å². The van der Waals surface area contributed by atoms with Crippen LogP contribution in [0.25, 0.3) is 11.0 Å². The summed E-state index contributed by atoms with van der Waals surface area (Å²) in [5.74, 6) is -0.906. The van der Waals surface area contributed by atoms with Gasteiger partial charge in [-0.05, 0) is 18.1 Å². The molecule has 182 valence electrons. The topological polar surface area (TPSA) is 118 Å². The highest BCUT2D eigenvalue weighted by Crippen LogP contribution is 2.31. The van der Waals surface area contributed by atoms with E-state index >= 15 is 0 Å². The van der Waals surface area contributed by atoms with Gasteiger partial charge in [0.1, 0.15) is 22.6 Å². The fraction of sp³-hybridized carbons (Fsp3) is 0.231. The largest absolute Gasteiger partial charge is 0.496 e. The highest BCUT2D eigenvalue weighted by atomic mass is 16.7. The van der Waals surface area contributed by atoms with Crippen LogP contribution in [-0.2, 0) is 25.5 Å². The summed E-state index contributed by atoms with van der Waals surface area (Å²) in [6, 6.07) is 11.1. The maximum atomic E-state index is 13.0. The number of fused-ring (bicyclic) bond motifs is 1. The molecule has 1 heterocycles. The molecule has 9 heteroatoms. The van der Waals surface area contributed by atoms with Gasteiger partial charge >= 0.3 is 17.6 Å². The van der Waals surface area contributed by atoms with Crippen molar-refractivity contribution in [1.29, 1.82) is 0 Å². The zero-order chi connectivity index (χ0) is 25.5. The lowest BCUT2D eigenvalue weighted by molar-refractivity contribution is -0.180. The van der Waals surface area contributed by atoms with Gasteiger partial charge in [0.05, 0.1) is 19.6 Å². The van der Waals surface area contributed by atoms with Crippen molar-refractivity contribution in [2.75, 3.05) is 14.2 Å². The molecule has 1 aromatic heterocycles. The second kappa shape index (κ2) is 11.1. The number of methoxy groups -OCH3 is 2. The van der Waals surface area contributed by atoms with Crippen molar-refractivity contribution in [3.8, 4) is 11.5 Å². The minimum Gasteiger partial charge on any atom is -0.496 e. The number of carbonyl (C=O) groups is 3. The van der Waals surface area contributed by atoms with Crippen LogP contribution in [0.3, 0.4) is 0 Å². The molecule has 2 aromatic carbocycles. The first-order valence-corrected chi connectivity index (χ1v) is 10.6. The van der Waals surface area contributed by atoms with Crippen molar-refractivity contribution < 1.29 is 37.7 Å². The Morgan fingerprint density at radius 3 is 2.37 bits per heavy atom. The first-order chi connectivity index (χ1) is 16.7. The number of hydrogen-bond donors (Lipinski definition) is 0. The third-order valence-corrected chi connectivity index (χ3v) is 5.07. The maximum Gasteiger partial charge on any atom is 0.347 e. The zero-order valence-electron chi connectivity index (χ0n) is 19.5. The Labute approximate surface area is 200 Å². The summed E-state index contributed by atoms with van der Waals surface area (Å²) in [6.45, 7) is 4.69. The Morgan fingerprint density at radius 1 is 1.03 bits per heavy atom. The molecule has 0 N–H and O–H groups in total. The Morgan fingerprint density at radius 2 is 1.74 bits per heavy atom. The molecular formula is C26H24O9. The molecule has 35 heavy (non-hydrogen) atoms. The van der Waals surface area contributed by atoms with Crippen molar-refractivity contribution in [2.24, 2.45) is 0 Å². The zero-order valence-corrected chi connectivity index (χ0v) is 19.5. The molecule has 0 aliphatic rings. The Balaban J connectivity index is 1.71. The van der Waals surface area contributed by atoms with Crippen LogP contribution in [0.1, 0.15) is 34.8 Å². The molecule has 3 rings (SSSR count). The van der Waals surface area contributed by atoms with Gasteiger partial charge in [0.2, 0.25) is 6.29 Å². The molecular weight excluding hydrogens is 456 g/mol. The second-order valence-corrected chi connectivity index (χ2v) is 7.41. The fourth-order valence-electron chi connectivity index (χ4n) is 3.31. The average Bonchev–Trinajstić information content (AvgIpc) is 2.85. The van der Waals surface area contributed by atoms with Crippen LogP contribution in [0, 0.1) is 0 Å². The molecule has 3 aromatic rings. The van der Waals surface area contributed by atoms with Crippen molar-refractivity contribution in [3.05, 3.63) is 82.2 Å². The minimum atomic E-state index is -1.03. The molecule has 0 aliphatic carbocycles. The van der Waals surface area contributed by atoms with Crippen molar-refractivity contribution in [2.45, 2.75) is 26.1 Å². The number of carbonyl (C=O) groups excluding carboxylic acids is 3. The van der Waals surface area contributed by atoms with Gasteiger partial charge in [-0.15, -0.1) is 0 Å². The SMILES string of the molecule is C=CC(=O)OC(C)OC(=O)CCc1ccc(C(=O)c2cc3c(OC)cc(OC)cc3oc2=O)cc1. The highest BCUT2D eigenvalue weighted by molar-refractivity contribution is 6.10. The molecule has 1 unspecified atom stereocenters. The summed E-state index contributed by atoms with van der Waals surface area (Å²) in [5.41, 5.74) is 0.365. The van der Waals surface area contributed by atoms with Crippen LogP contribution >= 0.6 is 0 Å². The smallest absolute Gasteiger partial charge is 0.347 e. The van der Waals surface area contributed by atoms with Gasteiger partial charge in [-0.1, -0.05) is 30.8 Å². The lowest BCUT2D eigenvalue weighted by Gasteiger charge is -2.12. The van der Waals surface area contributed by atoms with Gasteiger partial charge in [-0.25, -0.2) is 9.59 Å². The van der Waals surface area contributed by atoms with E-state index in [1.807, 2.05) is 0 Å². The van der Waals surface area contributed by atoms with E-state index in [0.29, 0.717) is 23.3 Å². The van der Waals surface area contributed by atoms with Crippen molar-refractivity contribution >= 4 is 28.7 Å². The molecule has 0 fully saturated rings. The Kier molecular flexibility index (Phi) is 8.04. The molecule has 0 bridgehead atoms. The predicted molar refractivity (Wildman–Crippen MR) is 126 cm³/mol. The predicted octanol–water partition coefficient (Wildman–Crippen LogP) is 3.59. The fourth-order valence-corrected chi connectivity index (χ4v) is 3.31. The molecule has 0 spiro atoms. The summed E-state index contributed by atoms with van der Waals surface area (Å²) in [5, 5.41) is 0.458. The van der Waals surface area contributed by atoms with Gasteiger partial charge < -0.3 is 23.4 Å². The molecule has 1 atom stereocenters. The Bertz CT molecular complexity index is 1320. The van der Waals surface area contributed by atoms with Gasteiger partial charge in [0, 0.05) is 37.1 Å². The average molecular weight is 480 g/mol. The van der Waals surface area contributed by atoms with Crippen LogP contribution in [0.5, 0.6) is 11.5 Å². The number of aryl methyl sites for hydroxylation is 1. The van der Waals surface area contributed by atoms with E-state index in [0.717, 1.165) is 11.6 Å². The lowest BCUT2D eigenvalue weighted by Crippen LogP contribution is -2.20. The van der Waals surface area contributed by atoms with E-state index in [1.165, 1.54) is 33.3 Å². The molecule has 9 nitrogen and oxygen atoms in total. The van der Waals surface area contributed by atoms with E-state index in [-0.39, 0.29) is 23.1 Å². The van der Waals surface area contributed by atoms with Crippen LogP contribution in [0.4, 0.5) is 0 Å². The third-order valence-electron chi connectivity index (χ3n) is 5.07. The monoisotopic (exact) mass is 480 g/mol. The van der Waals surface area contributed by atoms with Crippen LogP contribution < -0.4 is 15.1 Å². The first-order valence-electron chi connectivity index (χ1n) is 10.6. The first kappa shape index (κ1) is 25.2. The van der Waals surface area contributed by atoms with E-state index in [4.69, 9.17) is 23.4 Å². The lowest BCUT2D eigenvalue weighted by atomic mass is 10.0. The molecule has 0 saturated heterocycles. The molecule has 0 amide bonds. The van der Waals surface area contributed by atoms with Crippen LogP contribution in [-0.4, -0.2) is 38.2 Å². The number of rotatable bonds is 10. The number of ketones is 1. The van der Waals surface area contributed by atoms with E-state index in [1.54, 1.807) is 30.3 Å². The molecule has 0 aliphatic heterocycles. The number of hydrogen-bond acceptors (Lipinski definition) is 9. The summed E-state index contributed by atoms with van der Waals surface area (Å²) in [7, 11) is 2.94. The normalized spacial score (nSPS) is 11.4. The van der Waals surface area contributed by atoms with E-state index < -0.39 is 29.6 Å². The van der Waals surface area contributed by atoms with Crippen LogP contribution in [0.2, 0.25) is 0 Å². The second-order valence-electron chi connectivity index (χ2n) is 7.41. The van der Waals surface area contributed by atoms with Gasteiger partial charge in [0.25, 0.3) is 0 Å². The van der Waals surface area contributed by atoms with Crippen molar-refractivity contribution in [3.63, 3.8) is 0 Å². The Hall–Kier alpha value is -4.40. The van der Waals surface area contributed by atoms with Gasteiger partial charge in [0.15, 0.2) is 5.78 Å². The molecule has 0 saturated carbocycles. The number of esters is 2. The summed E-state index contributed by atoms with van der Waals surface area (Å²) < 4.78 is 25.6. The quantitative estimate of drug-likeness (QED) is 0.141.